The molecular formula is C15H21N3O2S. The largest absolute Gasteiger partial charge is 0.385 e. The van der Waals surface area contributed by atoms with Crippen molar-refractivity contribution < 1.29 is 9.53 Å². The predicted molar refractivity (Wildman–Crippen MR) is 85.7 cm³/mol. The maximum atomic E-state index is 12.0. The van der Waals surface area contributed by atoms with Crippen molar-refractivity contribution in [2.24, 2.45) is 0 Å². The van der Waals surface area contributed by atoms with Gasteiger partial charge in [0.25, 0.3) is 0 Å². The van der Waals surface area contributed by atoms with Crippen molar-refractivity contribution in [3.05, 3.63) is 23.8 Å². The number of benzene rings is 1. The van der Waals surface area contributed by atoms with Gasteiger partial charge in [-0.05, 0) is 38.0 Å². The zero-order chi connectivity index (χ0) is 15.2. The minimum atomic E-state index is -0.186. The summed E-state index contributed by atoms with van der Waals surface area (Å²) >= 11 is 1.44. The molecule has 1 aromatic carbocycles. The van der Waals surface area contributed by atoms with Gasteiger partial charge in [0.1, 0.15) is 0 Å². The highest BCUT2D eigenvalue weighted by Gasteiger charge is 2.16. The Bertz CT molecular complexity index is 612. The molecule has 2 N–H and O–H groups in total. The number of imidazole rings is 1. The second-order valence-electron chi connectivity index (χ2n) is 4.96. The first-order chi connectivity index (χ1) is 10.1. The van der Waals surface area contributed by atoms with E-state index in [1.807, 2.05) is 26.0 Å². The second kappa shape index (κ2) is 7.47. The molecule has 0 spiro atoms. The van der Waals surface area contributed by atoms with Crippen LogP contribution in [0.5, 0.6) is 0 Å². The minimum Gasteiger partial charge on any atom is -0.385 e. The van der Waals surface area contributed by atoms with Crippen LogP contribution < -0.4 is 5.32 Å². The lowest BCUT2D eigenvalue weighted by atomic mass is 10.2. The molecule has 1 amide bonds. The van der Waals surface area contributed by atoms with E-state index in [9.17, 15) is 4.79 Å². The molecule has 6 heteroatoms. The van der Waals surface area contributed by atoms with Crippen molar-refractivity contribution >= 4 is 28.7 Å². The van der Waals surface area contributed by atoms with E-state index in [2.05, 4.69) is 21.4 Å². The van der Waals surface area contributed by atoms with Crippen LogP contribution in [-0.2, 0) is 9.53 Å². The summed E-state index contributed by atoms with van der Waals surface area (Å²) < 4.78 is 4.95. The molecule has 0 radical (unpaired) electrons. The molecule has 0 aliphatic carbocycles. The lowest BCUT2D eigenvalue weighted by Crippen LogP contribution is -2.32. The molecule has 0 saturated carbocycles. The molecule has 1 aromatic heterocycles. The summed E-state index contributed by atoms with van der Waals surface area (Å²) in [5.41, 5.74) is 3.12. The number of nitrogens with one attached hydrogen (secondary N) is 2. The summed E-state index contributed by atoms with van der Waals surface area (Å²) in [6.07, 6.45) is 0.823. The van der Waals surface area contributed by atoms with Crippen molar-refractivity contribution in [1.29, 1.82) is 0 Å². The molecule has 1 atom stereocenters. The number of aromatic nitrogens is 2. The smallest absolute Gasteiger partial charge is 0.233 e. The Morgan fingerprint density at radius 2 is 2.33 bits per heavy atom. The van der Waals surface area contributed by atoms with E-state index in [1.165, 1.54) is 17.3 Å². The number of fused-ring (bicyclic) bond motifs is 1. The molecular weight excluding hydrogens is 286 g/mol. The third-order valence-electron chi connectivity index (χ3n) is 3.10. The van der Waals surface area contributed by atoms with Crippen LogP contribution >= 0.6 is 11.8 Å². The Balaban J connectivity index is 1.91. The minimum absolute atomic E-state index is 0.0211. The third-order valence-corrected chi connectivity index (χ3v) is 4.08. The standard InChI is InChI=1S/C15H21N3O2S/c1-10-5-6-12-13(9-10)18-15(17-12)21-11(2)14(19)16-7-4-8-20-3/h5-6,9,11H,4,7-8H2,1-3H3,(H,16,19)(H,17,18). The van der Waals surface area contributed by atoms with E-state index in [1.54, 1.807) is 7.11 Å². The normalized spacial score (nSPS) is 12.5. The Morgan fingerprint density at radius 3 is 3.10 bits per heavy atom. The fourth-order valence-corrected chi connectivity index (χ4v) is 2.79. The molecule has 21 heavy (non-hydrogen) atoms. The summed E-state index contributed by atoms with van der Waals surface area (Å²) in [6, 6.07) is 6.08. The second-order valence-corrected chi connectivity index (χ2v) is 6.29. The lowest BCUT2D eigenvalue weighted by Gasteiger charge is -2.10. The molecule has 0 bridgehead atoms. The van der Waals surface area contributed by atoms with E-state index in [-0.39, 0.29) is 11.2 Å². The van der Waals surface area contributed by atoms with Crippen LogP contribution in [0, 0.1) is 6.92 Å². The first-order valence-corrected chi connectivity index (χ1v) is 7.88. The highest BCUT2D eigenvalue weighted by Crippen LogP contribution is 2.23. The average molecular weight is 307 g/mol. The Labute approximate surface area is 128 Å². The predicted octanol–water partition coefficient (Wildman–Crippen LogP) is 2.50. The molecule has 0 aliphatic rings. The number of methoxy groups -OCH3 is 1. The number of aryl methyl sites for hydroxylation is 1. The highest BCUT2D eigenvalue weighted by molar-refractivity contribution is 8.00. The Morgan fingerprint density at radius 1 is 1.52 bits per heavy atom. The summed E-state index contributed by atoms with van der Waals surface area (Å²) in [5.74, 6) is 0.0211. The number of ether oxygens (including phenoxy) is 1. The average Bonchev–Trinajstić information content (AvgIpc) is 2.84. The van der Waals surface area contributed by atoms with Gasteiger partial charge in [-0.15, -0.1) is 0 Å². The van der Waals surface area contributed by atoms with Crippen LogP contribution in [-0.4, -0.2) is 41.4 Å². The first kappa shape index (κ1) is 15.9. The van der Waals surface area contributed by atoms with Gasteiger partial charge in [-0.2, -0.15) is 0 Å². The Kier molecular flexibility index (Phi) is 5.64. The number of aromatic amines is 1. The summed E-state index contributed by atoms with van der Waals surface area (Å²) in [7, 11) is 1.66. The number of carbonyl (C=O) groups is 1. The SMILES string of the molecule is COCCCNC(=O)C(C)Sc1nc2ccc(C)cc2[nH]1. The number of thioether (sulfide) groups is 1. The zero-order valence-electron chi connectivity index (χ0n) is 12.6. The number of carbonyl (C=O) groups excluding carboxylic acids is 1. The van der Waals surface area contributed by atoms with E-state index >= 15 is 0 Å². The maximum absolute atomic E-state index is 12.0. The van der Waals surface area contributed by atoms with Crippen molar-refractivity contribution in [3.8, 4) is 0 Å². The van der Waals surface area contributed by atoms with Crippen LogP contribution in [0.2, 0.25) is 0 Å². The van der Waals surface area contributed by atoms with Gasteiger partial charge < -0.3 is 15.0 Å². The number of amides is 1. The van der Waals surface area contributed by atoms with E-state index in [0.29, 0.717) is 13.2 Å². The van der Waals surface area contributed by atoms with Crippen LogP contribution in [0.1, 0.15) is 18.9 Å². The van der Waals surface area contributed by atoms with Gasteiger partial charge in [-0.25, -0.2) is 4.98 Å². The fourth-order valence-electron chi connectivity index (χ4n) is 1.95. The van der Waals surface area contributed by atoms with Gasteiger partial charge in [0.2, 0.25) is 5.91 Å². The lowest BCUT2D eigenvalue weighted by molar-refractivity contribution is -0.120. The molecule has 0 fully saturated rings. The first-order valence-electron chi connectivity index (χ1n) is 7.00. The van der Waals surface area contributed by atoms with Gasteiger partial charge in [-0.3, -0.25) is 4.79 Å². The molecule has 0 saturated heterocycles. The molecule has 114 valence electrons. The quantitative estimate of drug-likeness (QED) is 0.609. The van der Waals surface area contributed by atoms with Crippen molar-refractivity contribution in [3.63, 3.8) is 0 Å². The third kappa shape index (κ3) is 4.47. The Hall–Kier alpha value is -1.53. The number of hydrogen-bond donors (Lipinski definition) is 2. The van der Waals surface area contributed by atoms with E-state index in [0.717, 1.165) is 22.6 Å². The fraction of sp³-hybridized carbons (Fsp3) is 0.467. The van der Waals surface area contributed by atoms with Crippen molar-refractivity contribution in [2.75, 3.05) is 20.3 Å². The molecule has 2 aromatic rings. The van der Waals surface area contributed by atoms with E-state index in [4.69, 9.17) is 4.74 Å². The van der Waals surface area contributed by atoms with Gasteiger partial charge in [-0.1, -0.05) is 17.8 Å². The summed E-state index contributed by atoms with van der Waals surface area (Å²) in [6.45, 7) is 5.22. The molecule has 1 unspecified atom stereocenters. The highest BCUT2D eigenvalue weighted by atomic mass is 32.2. The molecule has 5 nitrogen and oxygen atoms in total. The monoisotopic (exact) mass is 307 g/mol. The number of rotatable bonds is 7. The maximum Gasteiger partial charge on any atom is 0.233 e. The molecule has 0 aliphatic heterocycles. The van der Waals surface area contributed by atoms with E-state index < -0.39 is 0 Å². The van der Waals surface area contributed by atoms with Crippen LogP contribution in [0.15, 0.2) is 23.4 Å². The van der Waals surface area contributed by atoms with Gasteiger partial charge in [0.15, 0.2) is 5.16 Å². The zero-order valence-corrected chi connectivity index (χ0v) is 13.4. The van der Waals surface area contributed by atoms with Crippen molar-refractivity contribution in [2.45, 2.75) is 30.7 Å². The number of nitrogens with zero attached hydrogens (tertiary/aromatic N) is 1. The van der Waals surface area contributed by atoms with Crippen LogP contribution in [0.3, 0.4) is 0 Å². The van der Waals surface area contributed by atoms with Crippen LogP contribution in [0.25, 0.3) is 11.0 Å². The van der Waals surface area contributed by atoms with Crippen molar-refractivity contribution in [1.82, 2.24) is 15.3 Å². The number of hydrogen-bond acceptors (Lipinski definition) is 4. The van der Waals surface area contributed by atoms with Gasteiger partial charge in [0, 0.05) is 20.3 Å². The topological polar surface area (TPSA) is 67.0 Å². The molecule has 2 rings (SSSR count). The summed E-state index contributed by atoms with van der Waals surface area (Å²) in [5, 5.41) is 3.49. The van der Waals surface area contributed by atoms with Gasteiger partial charge >= 0.3 is 0 Å². The number of H-pyrrole nitrogens is 1. The van der Waals surface area contributed by atoms with Crippen LogP contribution in [0.4, 0.5) is 0 Å². The summed E-state index contributed by atoms with van der Waals surface area (Å²) in [4.78, 5) is 19.7. The van der Waals surface area contributed by atoms with Gasteiger partial charge in [0.05, 0.1) is 16.3 Å². The molecule has 1 heterocycles.